The van der Waals surface area contributed by atoms with Crippen molar-refractivity contribution in [1.29, 1.82) is 0 Å². The van der Waals surface area contributed by atoms with Crippen molar-refractivity contribution in [2.75, 3.05) is 7.11 Å². The number of amides is 3. The molecule has 1 fully saturated rings. The van der Waals surface area contributed by atoms with E-state index in [2.05, 4.69) is 5.32 Å². The molecule has 3 rings (SSSR count). The summed E-state index contributed by atoms with van der Waals surface area (Å²) in [5, 5.41) is 11.9. The predicted molar refractivity (Wildman–Crippen MR) is 70.7 cm³/mol. The van der Waals surface area contributed by atoms with E-state index in [0.29, 0.717) is 23.3 Å². The van der Waals surface area contributed by atoms with Gasteiger partial charge in [-0.3, -0.25) is 19.7 Å². The number of piperidine rings is 1. The molecule has 0 saturated carbocycles. The molecule has 0 bridgehead atoms. The zero-order valence-electron chi connectivity index (χ0n) is 11.4. The SMILES string of the molecule is COc1cc(O)cc2c1CN(C1CCC(=O)NC1=O)C2=O. The van der Waals surface area contributed by atoms with Gasteiger partial charge in [-0.1, -0.05) is 0 Å². The number of hydrogen-bond donors (Lipinski definition) is 2. The van der Waals surface area contributed by atoms with Crippen molar-refractivity contribution in [2.24, 2.45) is 0 Å². The molecule has 2 aliphatic rings. The second kappa shape index (κ2) is 4.76. The largest absolute Gasteiger partial charge is 0.508 e. The first kappa shape index (κ1) is 13.4. The standard InChI is InChI=1S/C14H14N2O5/c1-21-11-5-7(17)4-8-9(11)6-16(14(8)20)10-2-3-12(18)15-13(10)19/h4-5,10,17H,2-3,6H2,1H3,(H,15,18,19). The maximum absolute atomic E-state index is 12.4. The molecular weight excluding hydrogens is 276 g/mol. The van der Waals surface area contributed by atoms with E-state index in [1.165, 1.54) is 24.1 Å². The Balaban J connectivity index is 1.93. The summed E-state index contributed by atoms with van der Waals surface area (Å²) in [6, 6.07) is 2.13. The Hall–Kier alpha value is -2.57. The Morgan fingerprint density at radius 3 is 2.76 bits per heavy atom. The number of nitrogens with zero attached hydrogens (tertiary/aromatic N) is 1. The number of methoxy groups -OCH3 is 1. The van der Waals surface area contributed by atoms with Gasteiger partial charge in [0.25, 0.3) is 5.91 Å². The van der Waals surface area contributed by atoms with Crippen molar-refractivity contribution in [3.8, 4) is 11.5 Å². The van der Waals surface area contributed by atoms with E-state index in [1.807, 2.05) is 0 Å². The van der Waals surface area contributed by atoms with Crippen LogP contribution in [0.25, 0.3) is 0 Å². The predicted octanol–water partition coefficient (Wildman–Crippen LogP) is 0.162. The first-order valence-electron chi connectivity index (χ1n) is 6.56. The lowest BCUT2D eigenvalue weighted by molar-refractivity contribution is -0.136. The summed E-state index contributed by atoms with van der Waals surface area (Å²) in [7, 11) is 1.45. The number of ether oxygens (including phenoxy) is 1. The molecule has 1 atom stereocenters. The average molecular weight is 290 g/mol. The van der Waals surface area contributed by atoms with Crippen molar-refractivity contribution in [3.05, 3.63) is 23.3 Å². The molecule has 0 aromatic heterocycles. The number of nitrogens with one attached hydrogen (secondary N) is 1. The van der Waals surface area contributed by atoms with Crippen LogP contribution in [0.2, 0.25) is 0 Å². The summed E-state index contributed by atoms with van der Waals surface area (Å²) >= 11 is 0. The number of phenolic OH excluding ortho intramolecular Hbond substituents is 1. The normalized spacial score (nSPS) is 21.3. The van der Waals surface area contributed by atoms with Crippen molar-refractivity contribution in [2.45, 2.75) is 25.4 Å². The zero-order chi connectivity index (χ0) is 15.1. The van der Waals surface area contributed by atoms with E-state index < -0.39 is 11.9 Å². The molecule has 2 heterocycles. The number of fused-ring (bicyclic) bond motifs is 1. The highest BCUT2D eigenvalue weighted by Crippen LogP contribution is 2.36. The molecule has 1 aromatic carbocycles. The molecule has 1 aromatic rings. The molecule has 0 spiro atoms. The highest BCUT2D eigenvalue weighted by molar-refractivity contribution is 6.05. The number of carbonyl (C=O) groups excluding carboxylic acids is 3. The Morgan fingerprint density at radius 1 is 1.33 bits per heavy atom. The molecule has 1 unspecified atom stereocenters. The number of imide groups is 1. The minimum Gasteiger partial charge on any atom is -0.508 e. The summed E-state index contributed by atoms with van der Waals surface area (Å²) in [4.78, 5) is 36.9. The van der Waals surface area contributed by atoms with Crippen LogP contribution in [-0.2, 0) is 16.1 Å². The van der Waals surface area contributed by atoms with Crippen LogP contribution in [0, 0.1) is 0 Å². The van der Waals surface area contributed by atoms with Gasteiger partial charge < -0.3 is 14.7 Å². The molecule has 7 nitrogen and oxygen atoms in total. The first-order chi connectivity index (χ1) is 10.0. The molecule has 110 valence electrons. The van der Waals surface area contributed by atoms with Gasteiger partial charge in [-0.2, -0.15) is 0 Å². The van der Waals surface area contributed by atoms with Crippen LogP contribution in [0.1, 0.15) is 28.8 Å². The van der Waals surface area contributed by atoms with Gasteiger partial charge >= 0.3 is 0 Å². The summed E-state index contributed by atoms with van der Waals surface area (Å²) in [6.07, 6.45) is 0.512. The van der Waals surface area contributed by atoms with E-state index in [1.54, 1.807) is 0 Å². The van der Waals surface area contributed by atoms with E-state index >= 15 is 0 Å². The van der Waals surface area contributed by atoms with Crippen molar-refractivity contribution in [3.63, 3.8) is 0 Å². The van der Waals surface area contributed by atoms with Gasteiger partial charge in [-0.05, 0) is 12.5 Å². The number of aromatic hydroxyl groups is 1. The third-order valence-corrected chi connectivity index (χ3v) is 3.82. The highest BCUT2D eigenvalue weighted by atomic mass is 16.5. The third-order valence-electron chi connectivity index (χ3n) is 3.82. The topological polar surface area (TPSA) is 95.9 Å². The average Bonchev–Trinajstić information content (AvgIpc) is 2.76. The molecule has 21 heavy (non-hydrogen) atoms. The van der Waals surface area contributed by atoms with Gasteiger partial charge in [0.05, 0.1) is 19.2 Å². The maximum Gasteiger partial charge on any atom is 0.255 e. The highest BCUT2D eigenvalue weighted by Gasteiger charge is 2.40. The lowest BCUT2D eigenvalue weighted by atomic mass is 10.0. The van der Waals surface area contributed by atoms with Crippen LogP contribution in [0.4, 0.5) is 0 Å². The third kappa shape index (κ3) is 2.10. The van der Waals surface area contributed by atoms with Gasteiger partial charge in [-0.15, -0.1) is 0 Å². The zero-order valence-corrected chi connectivity index (χ0v) is 11.4. The molecule has 1 saturated heterocycles. The molecule has 3 amide bonds. The minimum atomic E-state index is -0.672. The smallest absolute Gasteiger partial charge is 0.255 e. The molecule has 0 radical (unpaired) electrons. The molecule has 2 N–H and O–H groups in total. The summed E-state index contributed by atoms with van der Waals surface area (Å²) < 4.78 is 5.17. The van der Waals surface area contributed by atoms with Crippen molar-refractivity contribution < 1.29 is 24.2 Å². The summed E-state index contributed by atoms with van der Waals surface area (Å²) in [5.41, 5.74) is 0.974. The number of benzene rings is 1. The van der Waals surface area contributed by atoms with Gasteiger partial charge in [-0.25, -0.2) is 0 Å². The Labute approximate surface area is 120 Å². The lowest BCUT2D eigenvalue weighted by Crippen LogP contribution is -2.52. The number of phenols is 1. The van der Waals surface area contributed by atoms with Crippen molar-refractivity contribution in [1.82, 2.24) is 10.2 Å². The van der Waals surface area contributed by atoms with Gasteiger partial charge in [0.1, 0.15) is 17.5 Å². The second-order valence-electron chi connectivity index (χ2n) is 5.07. The Morgan fingerprint density at radius 2 is 2.10 bits per heavy atom. The minimum absolute atomic E-state index is 0.0657. The van der Waals surface area contributed by atoms with Gasteiger partial charge in [0.2, 0.25) is 11.8 Å². The van der Waals surface area contributed by atoms with Crippen LogP contribution < -0.4 is 10.1 Å². The van der Waals surface area contributed by atoms with E-state index in [-0.39, 0.29) is 30.5 Å². The van der Waals surface area contributed by atoms with Crippen LogP contribution >= 0.6 is 0 Å². The number of rotatable bonds is 2. The van der Waals surface area contributed by atoms with Gasteiger partial charge in [0.15, 0.2) is 0 Å². The van der Waals surface area contributed by atoms with Crippen molar-refractivity contribution >= 4 is 17.7 Å². The van der Waals surface area contributed by atoms with Gasteiger partial charge in [0, 0.05) is 18.1 Å². The molecule has 7 heteroatoms. The fraction of sp³-hybridized carbons (Fsp3) is 0.357. The van der Waals surface area contributed by atoms with Crippen LogP contribution in [0.5, 0.6) is 11.5 Å². The summed E-state index contributed by atoms with van der Waals surface area (Å²) in [5.74, 6) is -0.780. The monoisotopic (exact) mass is 290 g/mol. The van der Waals surface area contributed by atoms with E-state index in [9.17, 15) is 19.5 Å². The fourth-order valence-electron chi connectivity index (χ4n) is 2.79. The van der Waals surface area contributed by atoms with Crippen LogP contribution in [0.15, 0.2) is 12.1 Å². The Kier molecular flexibility index (Phi) is 3.04. The Bertz CT molecular complexity index is 655. The lowest BCUT2D eigenvalue weighted by Gasteiger charge is -2.29. The quantitative estimate of drug-likeness (QED) is 0.756. The maximum atomic E-state index is 12.4. The first-order valence-corrected chi connectivity index (χ1v) is 6.56. The molecule has 2 aliphatic heterocycles. The second-order valence-corrected chi connectivity index (χ2v) is 5.07. The summed E-state index contributed by atoms with van der Waals surface area (Å²) in [6.45, 7) is 0.226. The van der Waals surface area contributed by atoms with Crippen LogP contribution in [-0.4, -0.2) is 40.9 Å². The van der Waals surface area contributed by atoms with E-state index in [0.717, 1.165) is 0 Å². The van der Waals surface area contributed by atoms with E-state index in [4.69, 9.17) is 4.74 Å². The number of hydrogen-bond acceptors (Lipinski definition) is 5. The fourth-order valence-corrected chi connectivity index (χ4v) is 2.79. The number of carbonyl (C=O) groups is 3. The molecule has 0 aliphatic carbocycles. The van der Waals surface area contributed by atoms with Crippen LogP contribution in [0.3, 0.4) is 0 Å². The molecular formula is C14H14N2O5.